The lowest BCUT2D eigenvalue weighted by molar-refractivity contribution is -0.123. The zero-order chi connectivity index (χ0) is 22.1. The number of nitrogens with zero attached hydrogens (tertiary/aromatic N) is 1. The third kappa shape index (κ3) is 6.82. The third-order valence-electron chi connectivity index (χ3n) is 4.20. The maximum absolute atomic E-state index is 12.3. The van der Waals surface area contributed by atoms with E-state index in [1.54, 1.807) is 56.5 Å². The minimum absolute atomic E-state index is 0.0272. The van der Waals surface area contributed by atoms with Crippen molar-refractivity contribution < 1.29 is 23.8 Å². The highest BCUT2D eigenvalue weighted by molar-refractivity contribution is 6.31. The summed E-state index contributed by atoms with van der Waals surface area (Å²) >= 11 is 5.97. The predicted octanol–water partition coefficient (Wildman–Crippen LogP) is 2.55. The van der Waals surface area contributed by atoms with E-state index in [9.17, 15) is 9.59 Å². The Labute approximate surface area is 181 Å². The van der Waals surface area contributed by atoms with Crippen LogP contribution in [-0.4, -0.2) is 58.2 Å². The monoisotopic (exact) mass is 435 g/mol. The van der Waals surface area contributed by atoms with Gasteiger partial charge in [-0.3, -0.25) is 14.5 Å². The van der Waals surface area contributed by atoms with Crippen molar-refractivity contribution in [2.45, 2.75) is 6.54 Å². The van der Waals surface area contributed by atoms with Crippen LogP contribution < -0.4 is 24.8 Å². The molecule has 0 atom stereocenters. The zero-order valence-corrected chi connectivity index (χ0v) is 18.2. The van der Waals surface area contributed by atoms with Gasteiger partial charge in [0.05, 0.1) is 40.1 Å². The quantitative estimate of drug-likeness (QED) is 0.596. The van der Waals surface area contributed by atoms with Crippen molar-refractivity contribution >= 4 is 29.1 Å². The summed E-state index contributed by atoms with van der Waals surface area (Å²) in [4.78, 5) is 26.1. The van der Waals surface area contributed by atoms with E-state index >= 15 is 0 Å². The number of carbonyl (C=O) groups is 2. The molecule has 2 aromatic rings. The maximum atomic E-state index is 12.3. The lowest BCUT2D eigenvalue weighted by Gasteiger charge is -2.17. The summed E-state index contributed by atoms with van der Waals surface area (Å²) in [5, 5.41) is 6.04. The van der Waals surface area contributed by atoms with Gasteiger partial charge in [0.2, 0.25) is 11.8 Å². The largest absolute Gasteiger partial charge is 0.495 e. The fourth-order valence-electron chi connectivity index (χ4n) is 2.76. The van der Waals surface area contributed by atoms with E-state index in [1.807, 2.05) is 6.07 Å². The molecule has 2 N–H and O–H groups in total. The predicted molar refractivity (Wildman–Crippen MR) is 116 cm³/mol. The van der Waals surface area contributed by atoms with Crippen LogP contribution in [0.25, 0.3) is 0 Å². The Morgan fingerprint density at radius 3 is 2.20 bits per heavy atom. The summed E-state index contributed by atoms with van der Waals surface area (Å²) in [5.74, 6) is 1.22. The van der Waals surface area contributed by atoms with Crippen LogP contribution in [0, 0.1) is 0 Å². The molecule has 0 heterocycles. The van der Waals surface area contributed by atoms with Crippen LogP contribution in [0.3, 0.4) is 0 Å². The van der Waals surface area contributed by atoms with Crippen LogP contribution in [0.5, 0.6) is 17.2 Å². The van der Waals surface area contributed by atoms with Crippen molar-refractivity contribution in [2.75, 3.05) is 46.8 Å². The van der Waals surface area contributed by atoms with E-state index in [1.165, 1.54) is 7.11 Å². The second-order valence-corrected chi connectivity index (χ2v) is 6.97. The van der Waals surface area contributed by atoms with Gasteiger partial charge in [-0.1, -0.05) is 17.7 Å². The Kier molecular flexibility index (Phi) is 8.76. The number of methoxy groups -OCH3 is 3. The Balaban J connectivity index is 1.83. The van der Waals surface area contributed by atoms with E-state index in [-0.39, 0.29) is 24.9 Å². The van der Waals surface area contributed by atoms with Gasteiger partial charge in [0.15, 0.2) is 11.5 Å². The van der Waals surface area contributed by atoms with Gasteiger partial charge in [0.25, 0.3) is 0 Å². The van der Waals surface area contributed by atoms with E-state index in [0.29, 0.717) is 34.5 Å². The van der Waals surface area contributed by atoms with Crippen molar-refractivity contribution in [1.29, 1.82) is 0 Å². The minimum atomic E-state index is -0.286. The second-order valence-electron chi connectivity index (χ2n) is 6.53. The fraction of sp³-hybridized carbons (Fsp3) is 0.333. The van der Waals surface area contributed by atoms with Crippen LogP contribution in [0.15, 0.2) is 36.4 Å². The van der Waals surface area contributed by atoms with Crippen molar-refractivity contribution in [1.82, 2.24) is 10.2 Å². The number of ether oxygens (including phenoxy) is 3. The topological polar surface area (TPSA) is 89.1 Å². The van der Waals surface area contributed by atoms with Gasteiger partial charge in [-0.15, -0.1) is 0 Å². The molecule has 0 bridgehead atoms. The number of hydrogen-bond acceptors (Lipinski definition) is 6. The molecule has 0 unspecified atom stereocenters. The van der Waals surface area contributed by atoms with Crippen molar-refractivity contribution in [3.8, 4) is 17.2 Å². The van der Waals surface area contributed by atoms with Crippen molar-refractivity contribution in [3.05, 3.63) is 47.0 Å². The summed E-state index contributed by atoms with van der Waals surface area (Å²) in [6.07, 6.45) is 0. The highest BCUT2D eigenvalue weighted by Crippen LogP contribution is 2.28. The molecule has 2 rings (SSSR count). The van der Waals surface area contributed by atoms with Crippen LogP contribution in [0.4, 0.5) is 5.69 Å². The molecule has 0 aliphatic rings. The summed E-state index contributed by atoms with van der Waals surface area (Å²) in [6.45, 7) is 0.422. The number of rotatable bonds is 10. The SMILES string of the molecule is COc1ccc(Cl)cc1NC(=O)CN(C)CC(=O)NCc1ccc(OC)c(OC)c1. The van der Waals surface area contributed by atoms with Gasteiger partial charge < -0.3 is 24.8 Å². The lowest BCUT2D eigenvalue weighted by atomic mass is 10.2. The van der Waals surface area contributed by atoms with Gasteiger partial charge in [-0.2, -0.15) is 0 Å². The first-order chi connectivity index (χ1) is 14.4. The highest BCUT2D eigenvalue weighted by Gasteiger charge is 2.13. The molecule has 0 aromatic heterocycles. The molecule has 0 radical (unpaired) electrons. The molecule has 8 nitrogen and oxygen atoms in total. The number of hydrogen-bond donors (Lipinski definition) is 2. The standard InChI is InChI=1S/C21H26ClN3O5/c1-25(13-21(27)24-16-10-15(22)6-8-17(16)28-2)12-20(26)23-11-14-5-7-18(29-3)19(9-14)30-4/h5-10H,11-13H2,1-4H3,(H,23,26)(H,24,27). The second kappa shape index (κ2) is 11.3. The van der Waals surface area contributed by atoms with E-state index in [2.05, 4.69) is 10.6 Å². The number of anilines is 1. The lowest BCUT2D eigenvalue weighted by Crippen LogP contribution is -2.38. The maximum Gasteiger partial charge on any atom is 0.238 e. The van der Waals surface area contributed by atoms with Gasteiger partial charge in [0, 0.05) is 11.6 Å². The van der Waals surface area contributed by atoms with Gasteiger partial charge >= 0.3 is 0 Å². The van der Waals surface area contributed by atoms with Crippen LogP contribution in [0.1, 0.15) is 5.56 Å². The number of carbonyl (C=O) groups excluding carboxylic acids is 2. The molecule has 0 saturated carbocycles. The number of halogens is 1. The smallest absolute Gasteiger partial charge is 0.238 e. The Hall–Kier alpha value is -2.97. The van der Waals surface area contributed by atoms with Gasteiger partial charge in [-0.05, 0) is 42.9 Å². The molecule has 0 aliphatic carbocycles. The van der Waals surface area contributed by atoms with Crippen LogP contribution in [-0.2, 0) is 16.1 Å². The number of likely N-dealkylation sites (N-methyl/N-ethyl adjacent to an activating group) is 1. The zero-order valence-electron chi connectivity index (χ0n) is 17.5. The first-order valence-corrected chi connectivity index (χ1v) is 9.53. The molecule has 0 spiro atoms. The Morgan fingerprint density at radius 1 is 0.900 bits per heavy atom. The number of nitrogens with one attached hydrogen (secondary N) is 2. The summed E-state index contributed by atoms with van der Waals surface area (Å²) < 4.78 is 15.7. The fourth-order valence-corrected chi connectivity index (χ4v) is 2.93. The van der Waals surface area contributed by atoms with E-state index in [4.69, 9.17) is 25.8 Å². The first kappa shape index (κ1) is 23.3. The molecule has 2 amide bonds. The Bertz CT molecular complexity index is 891. The van der Waals surface area contributed by atoms with Gasteiger partial charge in [0.1, 0.15) is 5.75 Å². The molecule has 0 fully saturated rings. The van der Waals surface area contributed by atoms with Crippen molar-refractivity contribution in [2.24, 2.45) is 0 Å². The number of benzene rings is 2. The summed E-state index contributed by atoms with van der Waals surface area (Å²) in [7, 11) is 6.31. The Morgan fingerprint density at radius 2 is 1.53 bits per heavy atom. The third-order valence-corrected chi connectivity index (χ3v) is 4.44. The van der Waals surface area contributed by atoms with E-state index in [0.717, 1.165) is 5.56 Å². The van der Waals surface area contributed by atoms with Crippen molar-refractivity contribution in [3.63, 3.8) is 0 Å². The molecule has 162 valence electrons. The summed E-state index contributed by atoms with van der Waals surface area (Å²) in [6, 6.07) is 10.4. The normalized spacial score (nSPS) is 10.5. The summed E-state index contributed by atoms with van der Waals surface area (Å²) in [5.41, 5.74) is 1.34. The average molecular weight is 436 g/mol. The minimum Gasteiger partial charge on any atom is -0.495 e. The van der Waals surface area contributed by atoms with Crippen LogP contribution in [0.2, 0.25) is 5.02 Å². The highest BCUT2D eigenvalue weighted by atomic mass is 35.5. The molecular formula is C21H26ClN3O5. The molecule has 2 aromatic carbocycles. The number of amides is 2. The molecule has 30 heavy (non-hydrogen) atoms. The molecule has 9 heteroatoms. The van der Waals surface area contributed by atoms with Gasteiger partial charge in [-0.25, -0.2) is 0 Å². The molecule has 0 saturated heterocycles. The van der Waals surface area contributed by atoms with E-state index < -0.39 is 0 Å². The first-order valence-electron chi connectivity index (χ1n) is 9.15. The van der Waals surface area contributed by atoms with Crippen LogP contribution >= 0.6 is 11.6 Å². The molecule has 0 aliphatic heterocycles. The average Bonchev–Trinajstić information content (AvgIpc) is 2.71. The molecular weight excluding hydrogens is 410 g/mol.